The first kappa shape index (κ1) is 11.5. The van der Waals surface area contributed by atoms with Gasteiger partial charge < -0.3 is 0 Å². The van der Waals surface area contributed by atoms with Gasteiger partial charge in [0.05, 0.1) is 4.90 Å². The number of benzene rings is 1. The first-order valence-corrected chi connectivity index (χ1v) is 6.38. The van der Waals surface area contributed by atoms with Crippen LogP contribution in [0.25, 0.3) is 0 Å². The molecule has 2 aromatic rings. The number of nitrogens with zero attached hydrogens (tertiary/aromatic N) is 2. The lowest BCUT2D eigenvalue weighted by Crippen LogP contribution is -1.97. The lowest BCUT2D eigenvalue weighted by Gasteiger charge is -1.97. The standard InChI is InChI=1S/C12H10N2O2S/c15-17(16,12-6-2-1-3-7-12)14-10-11-5-4-8-13-9-11/h1-10H/b14-10-. The zero-order valence-corrected chi connectivity index (χ0v) is 9.71. The Kier molecular flexibility index (Phi) is 3.30. The van der Waals surface area contributed by atoms with Gasteiger partial charge in [-0.15, -0.1) is 0 Å². The molecular formula is C12H10N2O2S. The Hall–Kier alpha value is -2.01. The van der Waals surface area contributed by atoms with Crippen LogP contribution in [-0.4, -0.2) is 19.6 Å². The van der Waals surface area contributed by atoms with E-state index in [-0.39, 0.29) is 4.90 Å². The van der Waals surface area contributed by atoms with E-state index in [4.69, 9.17) is 0 Å². The third kappa shape index (κ3) is 2.98. The molecule has 4 nitrogen and oxygen atoms in total. The van der Waals surface area contributed by atoms with Gasteiger partial charge in [-0.1, -0.05) is 24.3 Å². The van der Waals surface area contributed by atoms with Crippen LogP contribution in [0.3, 0.4) is 0 Å². The van der Waals surface area contributed by atoms with Crippen LogP contribution in [0.4, 0.5) is 0 Å². The molecule has 0 aliphatic carbocycles. The molecule has 0 atom stereocenters. The average Bonchev–Trinajstić information content (AvgIpc) is 2.39. The SMILES string of the molecule is O=S(=O)(/N=C\c1cccnc1)c1ccccc1. The number of aromatic nitrogens is 1. The molecule has 1 heterocycles. The van der Waals surface area contributed by atoms with Crippen molar-refractivity contribution < 1.29 is 8.42 Å². The fourth-order valence-corrected chi connectivity index (χ4v) is 2.12. The van der Waals surface area contributed by atoms with Crippen molar-refractivity contribution >= 4 is 16.2 Å². The third-order valence-corrected chi connectivity index (χ3v) is 3.32. The summed E-state index contributed by atoms with van der Waals surface area (Å²) < 4.78 is 27.2. The van der Waals surface area contributed by atoms with E-state index in [9.17, 15) is 8.42 Å². The lowest BCUT2D eigenvalue weighted by molar-refractivity contribution is 0.598. The van der Waals surface area contributed by atoms with Crippen LogP contribution in [0.15, 0.2) is 64.2 Å². The van der Waals surface area contributed by atoms with Crippen molar-refractivity contribution in [1.82, 2.24) is 4.98 Å². The van der Waals surface area contributed by atoms with Crippen LogP contribution in [0.5, 0.6) is 0 Å². The van der Waals surface area contributed by atoms with Crippen LogP contribution in [0, 0.1) is 0 Å². The van der Waals surface area contributed by atoms with Gasteiger partial charge in [-0.05, 0) is 18.2 Å². The van der Waals surface area contributed by atoms with E-state index in [0.29, 0.717) is 5.56 Å². The van der Waals surface area contributed by atoms with Crippen molar-refractivity contribution in [1.29, 1.82) is 0 Å². The Labute approximate surface area is 99.7 Å². The molecule has 0 aliphatic rings. The molecule has 0 bridgehead atoms. The Morgan fingerprint density at radius 2 is 1.82 bits per heavy atom. The summed E-state index contributed by atoms with van der Waals surface area (Å²) in [4.78, 5) is 4.05. The fourth-order valence-electron chi connectivity index (χ4n) is 1.24. The fraction of sp³-hybridized carbons (Fsp3) is 0. The first-order valence-electron chi connectivity index (χ1n) is 4.94. The molecule has 2 rings (SSSR count). The van der Waals surface area contributed by atoms with Gasteiger partial charge in [-0.3, -0.25) is 4.98 Å². The first-order chi connectivity index (χ1) is 8.18. The summed E-state index contributed by atoms with van der Waals surface area (Å²) in [6.45, 7) is 0. The van der Waals surface area contributed by atoms with Gasteiger partial charge in [0.1, 0.15) is 0 Å². The van der Waals surface area contributed by atoms with Gasteiger partial charge >= 0.3 is 0 Å². The van der Waals surface area contributed by atoms with Crippen LogP contribution in [-0.2, 0) is 10.0 Å². The Morgan fingerprint density at radius 1 is 1.06 bits per heavy atom. The molecule has 17 heavy (non-hydrogen) atoms. The number of hydrogen-bond acceptors (Lipinski definition) is 3. The summed E-state index contributed by atoms with van der Waals surface area (Å²) in [6.07, 6.45) is 4.45. The Morgan fingerprint density at radius 3 is 2.47 bits per heavy atom. The van der Waals surface area contributed by atoms with Gasteiger partial charge in [-0.2, -0.15) is 12.8 Å². The predicted molar refractivity (Wildman–Crippen MR) is 65.5 cm³/mol. The minimum absolute atomic E-state index is 0.181. The van der Waals surface area contributed by atoms with Crippen LogP contribution in [0.2, 0.25) is 0 Å². The van der Waals surface area contributed by atoms with Crippen molar-refractivity contribution in [3.63, 3.8) is 0 Å². The summed E-state index contributed by atoms with van der Waals surface area (Å²) in [7, 11) is -3.62. The Balaban J connectivity index is 2.28. The second-order valence-electron chi connectivity index (χ2n) is 3.31. The van der Waals surface area contributed by atoms with Crippen molar-refractivity contribution in [2.45, 2.75) is 4.90 Å². The van der Waals surface area contributed by atoms with Crippen molar-refractivity contribution in [2.24, 2.45) is 4.40 Å². The van der Waals surface area contributed by atoms with Gasteiger partial charge in [-0.25, -0.2) is 0 Å². The molecular weight excluding hydrogens is 236 g/mol. The number of rotatable bonds is 3. The van der Waals surface area contributed by atoms with E-state index in [1.54, 1.807) is 42.7 Å². The molecule has 0 saturated carbocycles. The van der Waals surface area contributed by atoms with E-state index in [1.807, 2.05) is 0 Å². The number of pyridine rings is 1. The van der Waals surface area contributed by atoms with Gasteiger partial charge in [0.2, 0.25) is 0 Å². The van der Waals surface area contributed by atoms with E-state index >= 15 is 0 Å². The molecule has 86 valence electrons. The third-order valence-electron chi connectivity index (χ3n) is 2.07. The smallest absolute Gasteiger partial charge is 0.264 e. The maximum atomic E-state index is 11.8. The highest BCUT2D eigenvalue weighted by molar-refractivity contribution is 7.90. The molecule has 0 radical (unpaired) electrons. The molecule has 0 N–H and O–H groups in total. The molecule has 0 amide bonds. The Bertz CT molecular complexity index is 607. The minimum atomic E-state index is -3.62. The zero-order chi connectivity index (χ0) is 12.1. The monoisotopic (exact) mass is 246 g/mol. The van der Waals surface area contributed by atoms with E-state index < -0.39 is 10.0 Å². The van der Waals surface area contributed by atoms with Crippen LogP contribution < -0.4 is 0 Å². The minimum Gasteiger partial charge on any atom is -0.264 e. The van der Waals surface area contributed by atoms with E-state index in [0.717, 1.165) is 0 Å². The van der Waals surface area contributed by atoms with Gasteiger partial charge in [0.15, 0.2) is 0 Å². The summed E-state index contributed by atoms with van der Waals surface area (Å²) in [5.74, 6) is 0. The second-order valence-corrected chi connectivity index (χ2v) is 4.94. The highest BCUT2D eigenvalue weighted by atomic mass is 32.2. The number of sulfonamides is 1. The molecule has 0 aliphatic heterocycles. The molecule has 1 aromatic carbocycles. The second kappa shape index (κ2) is 4.88. The summed E-state index contributed by atoms with van der Waals surface area (Å²) in [6, 6.07) is 11.5. The van der Waals surface area contributed by atoms with Crippen LogP contribution >= 0.6 is 0 Å². The summed E-state index contributed by atoms with van der Waals surface area (Å²) >= 11 is 0. The largest absolute Gasteiger partial charge is 0.282 e. The lowest BCUT2D eigenvalue weighted by atomic mass is 10.3. The highest BCUT2D eigenvalue weighted by Crippen LogP contribution is 2.10. The van der Waals surface area contributed by atoms with Crippen molar-refractivity contribution in [3.8, 4) is 0 Å². The molecule has 0 spiro atoms. The number of hydrogen-bond donors (Lipinski definition) is 0. The molecule has 0 fully saturated rings. The summed E-state index contributed by atoms with van der Waals surface area (Å²) in [5.41, 5.74) is 0.645. The normalized spacial score (nSPS) is 11.8. The van der Waals surface area contributed by atoms with E-state index in [2.05, 4.69) is 9.38 Å². The maximum Gasteiger partial charge on any atom is 0.282 e. The topological polar surface area (TPSA) is 59.4 Å². The molecule has 5 heteroatoms. The molecule has 0 saturated heterocycles. The summed E-state index contributed by atoms with van der Waals surface area (Å²) in [5, 5.41) is 0. The van der Waals surface area contributed by atoms with Gasteiger partial charge in [0, 0.05) is 24.2 Å². The van der Waals surface area contributed by atoms with Crippen molar-refractivity contribution in [3.05, 3.63) is 60.4 Å². The molecule has 1 aromatic heterocycles. The maximum absolute atomic E-state index is 11.8. The van der Waals surface area contributed by atoms with E-state index in [1.165, 1.54) is 18.3 Å². The zero-order valence-electron chi connectivity index (χ0n) is 8.89. The highest BCUT2D eigenvalue weighted by Gasteiger charge is 2.09. The average molecular weight is 246 g/mol. The van der Waals surface area contributed by atoms with Crippen LogP contribution in [0.1, 0.15) is 5.56 Å². The van der Waals surface area contributed by atoms with Gasteiger partial charge in [0.25, 0.3) is 10.0 Å². The van der Waals surface area contributed by atoms with Crippen molar-refractivity contribution in [2.75, 3.05) is 0 Å². The predicted octanol–water partition coefficient (Wildman–Crippen LogP) is 1.89. The molecule has 0 unspecified atom stereocenters. The quantitative estimate of drug-likeness (QED) is 0.777.